The Morgan fingerprint density at radius 2 is 2.22 bits per heavy atom. The molecule has 4 aliphatic rings. The van der Waals surface area contributed by atoms with Gasteiger partial charge in [0.1, 0.15) is 5.75 Å². The van der Waals surface area contributed by atoms with Gasteiger partial charge in [0.2, 0.25) is 5.91 Å². The summed E-state index contributed by atoms with van der Waals surface area (Å²) in [6, 6.07) is 6.32. The van der Waals surface area contributed by atoms with E-state index < -0.39 is 0 Å². The van der Waals surface area contributed by atoms with Crippen molar-refractivity contribution in [2.75, 3.05) is 6.61 Å². The second-order valence-electron chi connectivity index (χ2n) is 7.70. The molecule has 0 unspecified atom stereocenters. The van der Waals surface area contributed by atoms with Crippen molar-refractivity contribution < 1.29 is 9.53 Å². The minimum absolute atomic E-state index is 0.202. The van der Waals surface area contributed by atoms with E-state index in [0.29, 0.717) is 23.8 Å². The van der Waals surface area contributed by atoms with Gasteiger partial charge in [-0.1, -0.05) is 24.3 Å². The van der Waals surface area contributed by atoms with Crippen LogP contribution in [0.4, 0.5) is 0 Å². The molecule has 1 spiro atoms. The second kappa shape index (κ2) is 4.86. The largest absolute Gasteiger partial charge is 0.493 e. The third-order valence-electron chi connectivity index (χ3n) is 6.50. The molecule has 5 rings (SSSR count). The summed E-state index contributed by atoms with van der Waals surface area (Å²) < 4.78 is 5.65. The molecule has 2 bridgehead atoms. The van der Waals surface area contributed by atoms with E-state index in [0.717, 1.165) is 31.6 Å². The Kier molecular flexibility index (Phi) is 2.88. The van der Waals surface area contributed by atoms with Crippen LogP contribution in [0.2, 0.25) is 0 Å². The highest BCUT2D eigenvalue weighted by molar-refractivity contribution is 5.80. The topological polar surface area (TPSA) is 38.3 Å². The van der Waals surface area contributed by atoms with Crippen molar-refractivity contribution in [3.05, 3.63) is 41.5 Å². The maximum Gasteiger partial charge on any atom is 0.224 e. The predicted molar refractivity (Wildman–Crippen MR) is 88.0 cm³/mol. The maximum absolute atomic E-state index is 12.6. The molecular weight excluding hydrogens is 286 g/mol. The molecule has 3 aliphatic carbocycles. The van der Waals surface area contributed by atoms with Gasteiger partial charge in [0.05, 0.1) is 6.61 Å². The van der Waals surface area contributed by atoms with Crippen molar-refractivity contribution >= 4 is 5.91 Å². The fraction of sp³-hybridized carbons (Fsp3) is 0.550. The monoisotopic (exact) mass is 309 g/mol. The number of ether oxygens (including phenoxy) is 1. The van der Waals surface area contributed by atoms with Crippen molar-refractivity contribution in [1.29, 1.82) is 0 Å². The third-order valence-corrected chi connectivity index (χ3v) is 6.50. The number of benzene rings is 1. The summed E-state index contributed by atoms with van der Waals surface area (Å²) in [6.45, 7) is 1.46. The molecule has 3 heteroatoms. The standard InChI is InChI=1S/C20H23NO2/c22-19(16-11-15-4-5-17(16)20(15)7-8-20)21-12-13-3-6-18-14(10-13)2-1-9-23-18/h3-6,10,15-17H,1-2,7-9,11-12H2,(H,21,22)/t15-,16+,17-/m1/s1. The molecule has 1 amide bonds. The Morgan fingerprint density at radius 3 is 3.04 bits per heavy atom. The molecule has 2 fully saturated rings. The molecular formula is C20H23NO2. The lowest BCUT2D eigenvalue weighted by Crippen LogP contribution is -2.33. The summed E-state index contributed by atoms with van der Waals surface area (Å²) in [7, 11) is 0. The summed E-state index contributed by atoms with van der Waals surface area (Å²) in [5.74, 6) is 2.64. The number of amides is 1. The minimum atomic E-state index is 0.202. The van der Waals surface area contributed by atoms with Crippen molar-refractivity contribution in [2.45, 2.75) is 38.6 Å². The first-order chi connectivity index (χ1) is 11.3. The smallest absolute Gasteiger partial charge is 0.224 e. The number of allylic oxidation sites excluding steroid dienone is 2. The minimum Gasteiger partial charge on any atom is -0.493 e. The van der Waals surface area contributed by atoms with E-state index in [1.165, 1.54) is 24.0 Å². The van der Waals surface area contributed by atoms with Gasteiger partial charge in [0.25, 0.3) is 0 Å². The van der Waals surface area contributed by atoms with Crippen LogP contribution in [0.5, 0.6) is 5.75 Å². The number of carbonyl (C=O) groups excluding carboxylic acids is 1. The highest BCUT2D eigenvalue weighted by Crippen LogP contribution is 2.70. The van der Waals surface area contributed by atoms with Gasteiger partial charge in [-0.3, -0.25) is 4.79 Å². The molecule has 1 N–H and O–H groups in total. The molecule has 120 valence electrons. The summed E-state index contributed by atoms with van der Waals surface area (Å²) in [4.78, 5) is 12.6. The van der Waals surface area contributed by atoms with Gasteiger partial charge in [-0.05, 0) is 66.5 Å². The van der Waals surface area contributed by atoms with Crippen LogP contribution in [0.1, 0.15) is 36.8 Å². The number of nitrogens with one attached hydrogen (secondary N) is 1. The maximum atomic E-state index is 12.6. The van der Waals surface area contributed by atoms with Crippen molar-refractivity contribution in [1.82, 2.24) is 5.32 Å². The van der Waals surface area contributed by atoms with Gasteiger partial charge in [-0.25, -0.2) is 0 Å². The SMILES string of the molecule is O=C(NCc1ccc2c(c1)CCCO2)[C@H]1C[C@H]2C=C[C@H]1C21CC1. The van der Waals surface area contributed by atoms with E-state index in [2.05, 4.69) is 35.7 Å². The van der Waals surface area contributed by atoms with Gasteiger partial charge in [0, 0.05) is 12.5 Å². The number of carbonyl (C=O) groups is 1. The zero-order valence-electron chi connectivity index (χ0n) is 13.4. The Balaban J connectivity index is 1.25. The van der Waals surface area contributed by atoms with E-state index in [1.807, 2.05) is 0 Å². The Morgan fingerprint density at radius 1 is 1.30 bits per heavy atom. The molecule has 2 saturated carbocycles. The molecule has 0 aromatic heterocycles. The van der Waals surface area contributed by atoms with Gasteiger partial charge in [-0.15, -0.1) is 0 Å². The van der Waals surface area contributed by atoms with Crippen LogP contribution in [0, 0.1) is 23.2 Å². The number of hydrogen-bond donors (Lipinski definition) is 1. The Bertz CT molecular complexity index is 689. The number of hydrogen-bond acceptors (Lipinski definition) is 2. The summed E-state index contributed by atoms with van der Waals surface area (Å²) in [6.07, 6.45) is 10.6. The summed E-state index contributed by atoms with van der Waals surface area (Å²) in [5.41, 5.74) is 2.95. The predicted octanol–water partition coefficient (Wildman–Crippen LogP) is 3.23. The zero-order chi connectivity index (χ0) is 15.4. The molecule has 1 aromatic rings. The van der Waals surface area contributed by atoms with Gasteiger partial charge in [-0.2, -0.15) is 0 Å². The molecule has 3 atom stereocenters. The van der Waals surface area contributed by atoms with Crippen LogP contribution >= 0.6 is 0 Å². The second-order valence-corrected chi connectivity index (χ2v) is 7.70. The van der Waals surface area contributed by atoms with Crippen molar-refractivity contribution in [3.63, 3.8) is 0 Å². The number of fused-ring (bicyclic) bond motifs is 1. The summed E-state index contributed by atoms with van der Waals surface area (Å²) in [5, 5.41) is 3.18. The molecule has 1 aliphatic heterocycles. The molecule has 0 saturated heterocycles. The zero-order valence-corrected chi connectivity index (χ0v) is 13.4. The first kappa shape index (κ1) is 13.6. The lowest BCUT2D eigenvalue weighted by molar-refractivity contribution is -0.126. The lowest BCUT2D eigenvalue weighted by atomic mass is 9.88. The van der Waals surface area contributed by atoms with E-state index >= 15 is 0 Å². The third kappa shape index (κ3) is 2.05. The molecule has 0 radical (unpaired) electrons. The average Bonchev–Trinajstić information content (AvgIpc) is 3.26. The van der Waals surface area contributed by atoms with E-state index in [1.54, 1.807) is 0 Å². The van der Waals surface area contributed by atoms with Crippen molar-refractivity contribution in [2.24, 2.45) is 23.2 Å². The van der Waals surface area contributed by atoms with E-state index in [4.69, 9.17) is 4.74 Å². The average molecular weight is 309 g/mol. The highest BCUT2D eigenvalue weighted by Gasteiger charge is 2.63. The quantitative estimate of drug-likeness (QED) is 0.871. The van der Waals surface area contributed by atoms with Gasteiger partial charge in [0.15, 0.2) is 0 Å². The van der Waals surface area contributed by atoms with Gasteiger partial charge < -0.3 is 10.1 Å². The first-order valence-corrected chi connectivity index (χ1v) is 8.97. The molecule has 23 heavy (non-hydrogen) atoms. The van der Waals surface area contributed by atoms with Crippen molar-refractivity contribution in [3.8, 4) is 5.75 Å². The lowest BCUT2D eigenvalue weighted by Gasteiger charge is -2.20. The number of aryl methyl sites for hydroxylation is 1. The normalized spacial score (nSPS) is 31.7. The molecule has 1 heterocycles. The van der Waals surface area contributed by atoms with Crippen LogP contribution in [0.3, 0.4) is 0 Å². The van der Waals surface area contributed by atoms with Crippen LogP contribution < -0.4 is 10.1 Å². The fourth-order valence-corrected chi connectivity index (χ4v) is 5.12. The van der Waals surface area contributed by atoms with Gasteiger partial charge >= 0.3 is 0 Å². The van der Waals surface area contributed by atoms with E-state index in [-0.39, 0.29) is 11.8 Å². The first-order valence-electron chi connectivity index (χ1n) is 8.97. The van der Waals surface area contributed by atoms with Crippen LogP contribution in [0.15, 0.2) is 30.4 Å². The van der Waals surface area contributed by atoms with Crippen LogP contribution in [-0.2, 0) is 17.8 Å². The van der Waals surface area contributed by atoms with Crippen LogP contribution in [-0.4, -0.2) is 12.5 Å². The van der Waals surface area contributed by atoms with E-state index in [9.17, 15) is 4.79 Å². The summed E-state index contributed by atoms with van der Waals surface area (Å²) >= 11 is 0. The molecule has 3 nitrogen and oxygen atoms in total. The highest BCUT2D eigenvalue weighted by atomic mass is 16.5. The fourth-order valence-electron chi connectivity index (χ4n) is 5.12. The van der Waals surface area contributed by atoms with Crippen LogP contribution in [0.25, 0.3) is 0 Å². The number of rotatable bonds is 3. The Labute approximate surface area is 137 Å². The Hall–Kier alpha value is -1.77. The molecule has 1 aromatic carbocycles.